The lowest BCUT2D eigenvalue weighted by Gasteiger charge is -2.07. The number of thiazole rings is 1. The van der Waals surface area contributed by atoms with Crippen LogP contribution in [-0.2, 0) is 6.54 Å². The molecule has 0 atom stereocenters. The Morgan fingerprint density at radius 3 is 2.86 bits per heavy atom. The number of aryl methyl sites for hydroxylation is 1. The van der Waals surface area contributed by atoms with Crippen molar-refractivity contribution >= 4 is 28.0 Å². The normalized spacial score (nSPS) is 10.6. The van der Waals surface area contributed by atoms with Gasteiger partial charge in [0.25, 0.3) is 5.56 Å². The van der Waals surface area contributed by atoms with E-state index in [0.717, 1.165) is 11.1 Å². The minimum atomic E-state index is -0.436. The lowest BCUT2D eigenvalue weighted by molar-refractivity contribution is 0.251. The number of amides is 2. The monoisotopic (exact) mass is 314 g/mol. The quantitative estimate of drug-likeness (QED) is 0.779. The summed E-state index contributed by atoms with van der Waals surface area (Å²) in [5.74, 6) is 0. The third kappa shape index (κ3) is 2.99. The Morgan fingerprint density at radius 1 is 1.32 bits per heavy atom. The van der Waals surface area contributed by atoms with Crippen LogP contribution in [0.4, 0.5) is 10.5 Å². The van der Waals surface area contributed by atoms with E-state index in [1.165, 1.54) is 21.9 Å². The van der Waals surface area contributed by atoms with E-state index in [1.54, 1.807) is 11.6 Å². The van der Waals surface area contributed by atoms with Crippen molar-refractivity contribution in [2.45, 2.75) is 13.5 Å². The predicted octanol–water partition coefficient (Wildman–Crippen LogP) is 2.39. The van der Waals surface area contributed by atoms with Crippen molar-refractivity contribution < 1.29 is 4.79 Å². The van der Waals surface area contributed by atoms with Gasteiger partial charge in [0.05, 0.1) is 6.20 Å². The molecule has 0 fully saturated rings. The average Bonchev–Trinajstić information content (AvgIpc) is 2.99. The number of hydrogen-bond acceptors (Lipinski definition) is 4. The Morgan fingerprint density at radius 2 is 2.09 bits per heavy atom. The molecule has 3 rings (SSSR count). The van der Waals surface area contributed by atoms with Gasteiger partial charge in [-0.3, -0.25) is 9.20 Å². The van der Waals surface area contributed by atoms with Crippen molar-refractivity contribution in [1.82, 2.24) is 14.7 Å². The summed E-state index contributed by atoms with van der Waals surface area (Å²) < 4.78 is 1.40. The van der Waals surface area contributed by atoms with Gasteiger partial charge in [-0.1, -0.05) is 29.8 Å². The summed E-state index contributed by atoms with van der Waals surface area (Å²) in [6, 6.07) is 7.42. The van der Waals surface area contributed by atoms with Crippen molar-refractivity contribution in [2.24, 2.45) is 0 Å². The Balaban J connectivity index is 1.66. The molecule has 3 aromatic rings. The molecule has 0 saturated carbocycles. The predicted molar refractivity (Wildman–Crippen MR) is 86.4 cm³/mol. The number of benzene rings is 1. The molecule has 0 radical (unpaired) electrons. The van der Waals surface area contributed by atoms with Crippen LogP contribution < -0.4 is 16.2 Å². The molecule has 2 aromatic heterocycles. The van der Waals surface area contributed by atoms with Crippen LogP contribution >= 0.6 is 11.3 Å². The number of fused-ring (bicyclic) bond motifs is 1. The Kier molecular flexibility index (Phi) is 3.88. The summed E-state index contributed by atoms with van der Waals surface area (Å²) in [6.07, 6.45) is 3.00. The molecule has 2 N–H and O–H groups in total. The van der Waals surface area contributed by atoms with Gasteiger partial charge in [0.1, 0.15) is 5.69 Å². The van der Waals surface area contributed by atoms with Crippen LogP contribution in [0.15, 0.2) is 46.8 Å². The first kappa shape index (κ1) is 14.3. The molecule has 0 bridgehead atoms. The van der Waals surface area contributed by atoms with Crippen LogP contribution in [0.25, 0.3) is 4.96 Å². The van der Waals surface area contributed by atoms with E-state index in [-0.39, 0.29) is 11.2 Å². The van der Waals surface area contributed by atoms with E-state index >= 15 is 0 Å². The van der Waals surface area contributed by atoms with E-state index in [1.807, 2.05) is 31.2 Å². The molecule has 0 aliphatic carbocycles. The lowest BCUT2D eigenvalue weighted by Crippen LogP contribution is -2.31. The minimum absolute atomic E-state index is 0.150. The van der Waals surface area contributed by atoms with Crippen molar-refractivity contribution in [3.05, 3.63) is 63.5 Å². The van der Waals surface area contributed by atoms with Gasteiger partial charge in [-0.2, -0.15) is 0 Å². The van der Waals surface area contributed by atoms with Crippen LogP contribution in [0, 0.1) is 6.92 Å². The summed E-state index contributed by atoms with van der Waals surface area (Å²) in [4.78, 5) is 28.7. The maximum atomic E-state index is 12.1. The van der Waals surface area contributed by atoms with Crippen molar-refractivity contribution in [1.29, 1.82) is 0 Å². The van der Waals surface area contributed by atoms with Crippen LogP contribution in [0.5, 0.6) is 0 Å². The van der Waals surface area contributed by atoms with Gasteiger partial charge in [0.2, 0.25) is 0 Å². The summed E-state index contributed by atoms with van der Waals surface area (Å²) in [6.45, 7) is 2.40. The number of nitrogens with zero attached hydrogens (tertiary/aromatic N) is 2. The van der Waals surface area contributed by atoms with E-state index in [0.29, 0.717) is 11.5 Å². The third-order valence-corrected chi connectivity index (χ3v) is 3.94. The molecule has 112 valence electrons. The molecular formula is C15H14N4O2S. The zero-order valence-corrected chi connectivity index (χ0v) is 12.7. The second kappa shape index (κ2) is 5.98. The molecule has 0 unspecified atom stereocenters. The van der Waals surface area contributed by atoms with Gasteiger partial charge < -0.3 is 10.6 Å². The Hall–Kier alpha value is -2.67. The molecule has 2 heterocycles. The molecule has 0 aliphatic heterocycles. The molecule has 7 heteroatoms. The number of carbonyl (C=O) groups excluding carboxylic acids is 1. The first-order valence-corrected chi connectivity index (χ1v) is 7.57. The van der Waals surface area contributed by atoms with Crippen LogP contribution in [0.1, 0.15) is 11.1 Å². The summed E-state index contributed by atoms with van der Waals surface area (Å²) in [5.41, 5.74) is 2.01. The highest BCUT2D eigenvalue weighted by Crippen LogP contribution is 2.08. The summed E-state index contributed by atoms with van der Waals surface area (Å²) in [7, 11) is 0. The highest BCUT2D eigenvalue weighted by molar-refractivity contribution is 7.15. The number of nitrogens with one attached hydrogen (secondary N) is 2. The van der Waals surface area contributed by atoms with Crippen LogP contribution in [0.3, 0.4) is 0 Å². The fourth-order valence-corrected chi connectivity index (χ4v) is 2.64. The molecule has 2 amide bonds. The highest BCUT2D eigenvalue weighted by atomic mass is 32.1. The molecule has 0 saturated heterocycles. The SMILES string of the molecule is Cc1ccc(CNC(=O)Nc2cnc3sccn3c2=O)cc1. The molecule has 1 aromatic carbocycles. The second-order valence-corrected chi connectivity index (χ2v) is 5.70. The van der Waals surface area contributed by atoms with Gasteiger partial charge in [0.15, 0.2) is 4.96 Å². The van der Waals surface area contributed by atoms with Crippen LogP contribution in [-0.4, -0.2) is 15.4 Å². The topological polar surface area (TPSA) is 75.5 Å². The number of rotatable bonds is 3. The van der Waals surface area contributed by atoms with E-state index in [2.05, 4.69) is 15.6 Å². The summed E-state index contributed by atoms with van der Waals surface area (Å²) >= 11 is 1.36. The summed E-state index contributed by atoms with van der Waals surface area (Å²) in [5, 5.41) is 7.01. The minimum Gasteiger partial charge on any atom is -0.334 e. The van der Waals surface area contributed by atoms with Gasteiger partial charge in [-0.15, -0.1) is 11.3 Å². The van der Waals surface area contributed by atoms with Crippen molar-refractivity contribution in [3.8, 4) is 0 Å². The van der Waals surface area contributed by atoms with E-state index < -0.39 is 6.03 Å². The average molecular weight is 314 g/mol. The zero-order valence-electron chi connectivity index (χ0n) is 11.9. The van der Waals surface area contributed by atoms with Gasteiger partial charge in [-0.05, 0) is 12.5 Å². The fourth-order valence-electron chi connectivity index (χ4n) is 1.97. The maximum Gasteiger partial charge on any atom is 0.319 e. The lowest BCUT2D eigenvalue weighted by atomic mass is 10.1. The van der Waals surface area contributed by atoms with E-state index in [9.17, 15) is 9.59 Å². The number of hydrogen-bond donors (Lipinski definition) is 2. The molecule has 6 nitrogen and oxygen atoms in total. The third-order valence-electron chi connectivity index (χ3n) is 3.16. The highest BCUT2D eigenvalue weighted by Gasteiger charge is 2.08. The number of carbonyl (C=O) groups is 1. The second-order valence-electron chi connectivity index (χ2n) is 4.83. The van der Waals surface area contributed by atoms with Gasteiger partial charge >= 0.3 is 6.03 Å². The molecule has 0 aliphatic rings. The fraction of sp³-hybridized carbons (Fsp3) is 0.133. The van der Waals surface area contributed by atoms with Crippen molar-refractivity contribution in [3.63, 3.8) is 0 Å². The first-order valence-electron chi connectivity index (χ1n) is 6.69. The van der Waals surface area contributed by atoms with Gasteiger partial charge in [0, 0.05) is 18.1 Å². The number of aromatic nitrogens is 2. The first-order chi connectivity index (χ1) is 10.6. The maximum absolute atomic E-state index is 12.1. The molecule has 0 spiro atoms. The van der Waals surface area contributed by atoms with Gasteiger partial charge in [-0.25, -0.2) is 9.78 Å². The largest absolute Gasteiger partial charge is 0.334 e. The van der Waals surface area contributed by atoms with E-state index in [4.69, 9.17) is 0 Å². The Labute approximate surface area is 130 Å². The molecule has 22 heavy (non-hydrogen) atoms. The number of urea groups is 1. The van der Waals surface area contributed by atoms with Crippen LogP contribution in [0.2, 0.25) is 0 Å². The van der Waals surface area contributed by atoms with Crippen molar-refractivity contribution in [2.75, 3.05) is 5.32 Å². The molecular weight excluding hydrogens is 300 g/mol. The standard InChI is InChI=1S/C15H14N4O2S/c1-10-2-4-11(5-3-10)8-16-14(21)18-12-9-17-15-19(13(12)20)6-7-22-15/h2-7,9H,8H2,1H3,(H2,16,18,21). The Bertz CT molecular complexity index is 867. The smallest absolute Gasteiger partial charge is 0.319 e. The zero-order chi connectivity index (χ0) is 15.5. The number of anilines is 1.